The predicted molar refractivity (Wildman–Crippen MR) is 55.4 cm³/mol. The molecule has 0 N–H and O–H groups in total. The van der Waals surface area contributed by atoms with E-state index in [1.807, 2.05) is 40.1 Å². The fraction of sp³-hybridized carbons (Fsp3) is 0.455. The van der Waals surface area contributed by atoms with Gasteiger partial charge in [0.1, 0.15) is 0 Å². The third kappa shape index (κ3) is 0.983. The molecule has 0 saturated carbocycles. The largest absolute Gasteiger partial charge is 0.314 e. The first-order valence-corrected chi connectivity index (χ1v) is 4.70. The summed E-state index contributed by atoms with van der Waals surface area (Å²) in [6.07, 6.45) is 1.81. The molecule has 0 radical (unpaired) electrons. The van der Waals surface area contributed by atoms with Gasteiger partial charge in [0.05, 0.1) is 11.1 Å². The molecule has 0 aromatic carbocycles. The van der Waals surface area contributed by atoms with Crippen LogP contribution in [0.25, 0.3) is 0 Å². The number of fused-ring (bicyclic) bond motifs is 1. The maximum absolute atomic E-state index is 11.9. The van der Waals surface area contributed by atoms with E-state index in [-0.39, 0.29) is 5.91 Å². The van der Waals surface area contributed by atoms with E-state index < -0.39 is 5.41 Å². The van der Waals surface area contributed by atoms with Crippen LogP contribution < -0.4 is 4.90 Å². The monoisotopic (exact) mass is 190 g/mol. The number of rotatable bonds is 0. The summed E-state index contributed by atoms with van der Waals surface area (Å²) in [5.41, 5.74) is 2.54. The number of carbonyl (C=O) groups excluding carboxylic acids is 1. The van der Waals surface area contributed by atoms with Crippen molar-refractivity contribution in [1.29, 1.82) is 0 Å². The third-order valence-electron chi connectivity index (χ3n) is 2.89. The Hall–Kier alpha value is -1.38. The van der Waals surface area contributed by atoms with E-state index in [2.05, 4.69) is 4.98 Å². The van der Waals surface area contributed by atoms with Crippen molar-refractivity contribution < 1.29 is 4.79 Å². The number of nitrogens with zero attached hydrogens (tertiary/aromatic N) is 2. The molecule has 0 atom stereocenters. The van der Waals surface area contributed by atoms with Crippen LogP contribution in [0.5, 0.6) is 0 Å². The molecule has 1 aromatic rings. The average molecular weight is 190 g/mol. The Morgan fingerprint density at radius 1 is 1.43 bits per heavy atom. The van der Waals surface area contributed by atoms with Crippen molar-refractivity contribution in [2.75, 3.05) is 11.9 Å². The molecule has 2 heterocycles. The minimum atomic E-state index is -0.426. The highest BCUT2D eigenvalue weighted by Gasteiger charge is 2.42. The molecule has 0 fully saturated rings. The molecule has 0 unspecified atom stereocenters. The van der Waals surface area contributed by atoms with Gasteiger partial charge in [-0.1, -0.05) is 0 Å². The minimum Gasteiger partial charge on any atom is -0.314 e. The molecule has 0 spiro atoms. The van der Waals surface area contributed by atoms with Crippen molar-refractivity contribution in [1.82, 2.24) is 4.98 Å². The molecule has 2 rings (SSSR count). The van der Waals surface area contributed by atoms with Crippen molar-refractivity contribution in [3.63, 3.8) is 0 Å². The lowest BCUT2D eigenvalue weighted by Crippen LogP contribution is -2.33. The molecule has 1 aliphatic rings. The van der Waals surface area contributed by atoms with Gasteiger partial charge in [0, 0.05) is 24.5 Å². The van der Waals surface area contributed by atoms with Gasteiger partial charge in [0.2, 0.25) is 5.91 Å². The number of amides is 1. The number of likely N-dealkylation sites (N-methyl/N-ethyl adjacent to an activating group) is 1. The molecule has 0 saturated heterocycles. The number of pyridine rings is 1. The summed E-state index contributed by atoms with van der Waals surface area (Å²) in [6.45, 7) is 5.81. The zero-order valence-electron chi connectivity index (χ0n) is 8.96. The normalized spacial score (nSPS) is 18.6. The van der Waals surface area contributed by atoms with Gasteiger partial charge < -0.3 is 4.90 Å². The smallest absolute Gasteiger partial charge is 0.236 e. The Balaban J connectivity index is 2.68. The quantitative estimate of drug-likeness (QED) is 0.623. The molecule has 0 bridgehead atoms. The fourth-order valence-electron chi connectivity index (χ4n) is 1.95. The predicted octanol–water partition coefficient (Wildman–Crippen LogP) is 1.64. The summed E-state index contributed by atoms with van der Waals surface area (Å²) in [6, 6.07) is 1.96. The first-order chi connectivity index (χ1) is 6.44. The van der Waals surface area contributed by atoms with Crippen molar-refractivity contribution >= 4 is 11.6 Å². The molecular weight excluding hydrogens is 176 g/mol. The fourth-order valence-corrected chi connectivity index (χ4v) is 1.95. The van der Waals surface area contributed by atoms with Gasteiger partial charge in [-0.3, -0.25) is 9.78 Å². The number of aryl methyl sites for hydroxylation is 1. The molecule has 3 heteroatoms. The first kappa shape index (κ1) is 9.19. The molecule has 14 heavy (non-hydrogen) atoms. The van der Waals surface area contributed by atoms with Gasteiger partial charge in [-0.2, -0.15) is 0 Å². The lowest BCUT2D eigenvalue weighted by molar-refractivity contribution is -0.121. The topological polar surface area (TPSA) is 33.2 Å². The molecule has 0 aliphatic carbocycles. The standard InChI is InChI=1S/C11H14N2O/c1-7-5-9-8(6-12-7)11(2,3)10(14)13(9)4/h5-6H,1-4H3. The molecule has 3 nitrogen and oxygen atoms in total. The Bertz CT molecular complexity index is 410. The lowest BCUT2D eigenvalue weighted by atomic mass is 9.87. The molecular formula is C11H14N2O. The number of aromatic nitrogens is 1. The van der Waals surface area contributed by atoms with E-state index in [1.54, 1.807) is 4.90 Å². The molecule has 1 aromatic heterocycles. The lowest BCUT2D eigenvalue weighted by Gasteiger charge is -2.15. The van der Waals surface area contributed by atoms with Crippen LogP contribution in [-0.4, -0.2) is 17.9 Å². The highest BCUT2D eigenvalue weighted by atomic mass is 16.2. The van der Waals surface area contributed by atoms with E-state index in [1.165, 1.54) is 0 Å². The van der Waals surface area contributed by atoms with Crippen LogP contribution in [0.15, 0.2) is 12.3 Å². The highest BCUT2D eigenvalue weighted by Crippen LogP contribution is 2.40. The zero-order valence-corrected chi connectivity index (χ0v) is 8.96. The number of anilines is 1. The summed E-state index contributed by atoms with van der Waals surface area (Å²) in [7, 11) is 1.81. The van der Waals surface area contributed by atoms with Crippen LogP contribution >= 0.6 is 0 Å². The van der Waals surface area contributed by atoms with Crippen molar-refractivity contribution in [2.24, 2.45) is 0 Å². The maximum Gasteiger partial charge on any atom is 0.236 e. The Morgan fingerprint density at radius 3 is 2.71 bits per heavy atom. The summed E-state index contributed by atoms with van der Waals surface area (Å²) in [5.74, 6) is 0.139. The van der Waals surface area contributed by atoms with E-state index >= 15 is 0 Å². The zero-order chi connectivity index (χ0) is 10.5. The second-order valence-corrected chi connectivity index (χ2v) is 4.33. The van der Waals surface area contributed by atoms with Crippen LogP contribution in [0, 0.1) is 6.92 Å². The van der Waals surface area contributed by atoms with Gasteiger partial charge in [0.25, 0.3) is 0 Å². The molecule has 1 amide bonds. The molecule has 74 valence electrons. The van der Waals surface area contributed by atoms with Gasteiger partial charge in [0.15, 0.2) is 0 Å². The van der Waals surface area contributed by atoms with Gasteiger partial charge in [-0.15, -0.1) is 0 Å². The number of hydrogen-bond acceptors (Lipinski definition) is 2. The second-order valence-electron chi connectivity index (χ2n) is 4.33. The Labute approximate surface area is 83.8 Å². The summed E-state index contributed by atoms with van der Waals surface area (Å²) in [4.78, 5) is 17.8. The van der Waals surface area contributed by atoms with Gasteiger partial charge >= 0.3 is 0 Å². The molecule has 1 aliphatic heterocycles. The Morgan fingerprint density at radius 2 is 2.07 bits per heavy atom. The van der Waals surface area contributed by atoms with E-state index in [0.717, 1.165) is 16.9 Å². The van der Waals surface area contributed by atoms with Gasteiger partial charge in [-0.25, -0.2) is 0 Å². The van der Waals surface area contributed by atoms with Crippen molar-refractivity contribution in [3.05, 3.63) is 23.5 Å². The van der Waals surface area contributed by atoms with Gasteiger partial charge in [-0.05, 0) is 26.8 Å². The maximum atomic E-state index is 11.9. The minimum absolute atomic E-state index is 0.139. The summed E-state index contributed by atoms with van der Waals surface area (Å²) < 4.78 is 0. The van der Waals surface area contributed by atoms with Crippen LogP contribution in [0.3, 0.4) is 0 Å². The third-order valence-corrected chi connectivity index (χ3v) is 2.89. The summed E-state index contributed by atoms with van der Waals surface area (Å²) >= 11 is 0. The van der Waals surface area contributed by atoms with E-state index in [4.69, 9.17) is 0 Å². The number of carbonyl (C=O) groups is 1. The number of hydrogen-bond donors (Lipinski definition) is 0. The van der Waals surface area contributed by atoms with Crippen molar-refractivity contribution in [3.8, 4) is 0 Å². The van der Waals surface area contributed by atoms with Crippen LogP contribution in [0.2, 0.25) is 0 Å². The van der Waals surface area contributed by atoms with Crippen LogP contribution in [-0.2, 0) is 10.2 Å². The second kappa shape index (κ2) is 2.56. The highest BCUT2D eigenvalue weighted by molar-refractivity contribution is 6.07. The Kier molecular flexibility index (Phi) is 1.68. The van der Waals surface area contributed by atoms with Crippen LogP contribution in [0.4, 0.5) is 5.69 Å². The summed E-state index contributed by atoms with van der Waals surface area (Å²) in [5, 5.41) is 0. The SMILES string of the molecule is Cc1cc2c(cn1)C(C)(C)C(=O)N2C. The van der Waals surface area contributed by atoms with E-state index in [9.17, 15) is 4.79 Å². The van der Waals surface area contributed by atoms with E-state index in [0.29, 0.717) is 0 Å². The van der Waals surface area contributed by atoms with Crippen LogP contribution in [0.1, 0.15) is 25.1 Å². The average Bonchev–Trinajstić information content (AvgIpc) is 2.28. The van der Waals surface area contributed by atoms with Crippen molar-refractivity contribution in [2.45, 2.75) is 26.2 Å². The first-order valence-electron chi connectivity index (χ1n) is 4.70.